The molecule has 2 aromatic rings. The molecule has 0 bridgehead atoms. The lowest BCUT2D eigenvalue weighted by atomic mass is 10.1. The number of rotatable bonds is 8. The van der Waals surface area contributed by atoms with E-state index in [-0.39, 0.29) is 5.91 Å². The third-order valence-corrected chi connectivity index (χ3v) is 3.65. The van der Waals surface area contributed by atoms with Crippen molar-refractivity contribution in [2.45, 2.75) is 19.8 Å². The molecule has 0 radical (unpaired) electrons. The Kier molecular flexibility index (Phi) is 6.39. The number of methoxy groups -OCH3 is 1. The van der Waals surface area contributed by atoms with Crippen LogP contribution in [0.15, 0.2) is 42.5 Å². The highest BCUT2D eigenvalue weighted by molar-refractivity contribution is 5.91. The molecule has 1 amide bonds. The van der Waals surface area contributed by atoms with E-state index in [0.717, 1.165) is 16.9 Å². The number of carbonyl (C=O) groups excluding carboxylic acids is 1. The SMILES string of the molecule is COc1ccccc1CCC(=O)Nc1ccc(OCC(=O)O)cc1C. The van der Waals surface area contributed by atoms with Gasteiger partial charge in [0.2, 0.25) is 5.91 Å². The van der Waals surface area contributed by atoms with E-state index in [1.54, 1.807) is 25.3 Å². The molecule has 0 heterocycles. The zero-order valence-electron chi connectivity index (χ0n) is 14.2. The van der Waals surface area contributed by atoms with Crippen LogP contribution in [-0.4, -0.2) is 30.7 Å². The number of anilines is 1. The van der Waals surface area contributed by atoms with Gasteiger partial charge in [-0.15, -0.1) is 0 Å². The number of carbonyl (C=O) groups is 2. The number of nitrogens with one attached hydrogen (secondary N) is 1. The fourth-order valence-corrected chi connectivity index (χ4v) is 2.38. The Labute approximate surface area is 146 Å². The third-order valence-electron chi connectivity index (χ3n) is 3.65. The maximum absolute atomic E-state index is 12.2. The summed E-state index contributed by atoms with van der Waals surface area (Å²) in [5.41, 5.74) is 2.45. The molecule has 0 aliphatic carbocycles. The smallest absolute Gasteiger partial charge is 0.341 e. The van der Waals surface area contributed by atoms with Crippen molar-refractivity contribution < 1.29 is 24.2 Å². The first kappa shape index (κ1) is 18.3. The molecule has 2 aromatic carbocycles. The highest BCUT2D eigenvalue weighted by atomic mass is 16.5. The van der Waals surface area contributed by atoms with Crippen LogP contribution < -0.4 is 14.8 Å². The van der Waals surface area contributed by atoms with Crippen LogP contribution in [0.1, 0.15) is 17.5 Å². The number of amides is 1. The van der Waals surface area contributed by atoms with E-state index in [2.05, 4.69) is 5.32 Å². The van der Waals surface area contributed by atoms with Gasteiger partial charge in [0, 0.05) is 12.1 Å². The molecule has 0 aliphatic heterocycles. The van der Waals surface area contributed by atoms with Gasteiger partial charge in [-0.05, 0) is 48.7 Å². The fraction of sp³-hybridized carbons (Fsp3) is 0.263. The van der Waals surface area contributed by atoms with Crippen LogP contribution in [0.3, 0.4) is 0 Å². The summed E-state index contributed by atoms with van der Waals surface area (Å²) in [6.07, 6.45) is 0.909. The molecule has 6 heteroatoms. The standard InChI is InChI=1S/C19H21NO5/c1-13-11-15(25-12-19(22)23)8-9-16(13)20-18(21)10-7-14-5-3-4-6-17(14)24-2/h3-6,8-9,11H,7,10,12H2,1-2H3,(H,20,21)(H,22,23). The van der Waals surface area contributed by atoms with E-state index >= 15 is 0 Å². The molecule has 0 unspecified atom stereocenters. The van der Waals surface area contributed by atoms with Gasteiger partial charge in [-0.25, -0.2) is 4.79 Å². The summed E-state index contributed by atoms with van der Waals surface area (Å²) >= 11 is 0. The Balaban J connectivity index is 1.92. The summed E-state index contributed by atoms with van der Waals surface area (Å²) < 4.78 is 10.4. The van der Waals surface area contributed by atoms with Crippen molar-refractivity contribution >= 4 is 17.6 Å². The Morgan fingerprint density at radius 3 is 2.60 bits per heavy atom. The Bertz CT molecular complexity index is 757. The van der Waals surface area contributed by atoms with Gasteiger partial charge in [-0.2, -0.15) is 0 Å². The molecule has 0 spiro atoms. The number of ether oxygens (including phenoxy) is 2. The topological polar surface area (TPSA) is 84.9 Å². The molecule has 2 N–H and O–H groups in total. The van der Waals surface area contributed by atoms with Crippen molar-refractivity contribution in [3.8, 4) is 11.5 Å². The summed E-state index contributed by atoms with van der Waals surface area (Å²) in [5, 5.41) is 11.5. The Morgan fingerprint density at radius 2 is 1.92 bits per heavy atom. The van der Waals surface area contributed by atoms with Crippen LogP contribution in [-0.2, 0) is 16.0 Å². The predicted octanol–water partition coefficient (Wildman–Crippen LogP) is 3.04. The summed E-state index contributed by atoms with van der Waals surface area (Å²) in [6.45, 7) is 1.42. The molecule has 0 aliphatic rings. The summed E-state index contributed by atoms with van der Waals surface area (Å²) in [6, 6.07) is 12.6. The van der Waals surface area contributed by atoms with Gasteiger partial charge >= 0.3 is 5.97 Å². The Morgan fingerprint density at radius 1 is 1.16 bits per heavy atom. The monoisotopic (exact) mass is 343 g/mol. The van der Waals surface area contributed by atoms with E-state index in [1.165, 1.54) is 0 Å². The van der Waals surface area contributed by atoms with Gasteiger partial charge in [0.15, 0.2) is 6.61 Å². The minimum atomic E-state index is -1.04. The van der Waals surface area contributed by atoms with Crippen LogP contribution in [0.25, 0.3) is 0 Å². The van der Waals surface area contributed by atoms with E-state index in [0.29, 0.717) is 24.3 Å². The first-order valence-corrected chi connectivity index (χ1v) is 7.86. The van der Waals surface area contributed by atoms with E-state index in [1.807, 2.05) is 31.2 Å². The van der Waals surface area contributed by atoms with E-state index < -0.39 is 12.6 Å². The van der Waals surface area contributed by atoms with Gasteiger partial charge in [0.1, 0.15) is 11.5 Å². The van der Waals surface area contributed by atoms with Gasteiger partial charge < -0.3 is 19.9 Å². The number of para-hydroxylation sites is 1. The lowest BCUT2D eigenvalue weighted by Gasteiger charge is -2.11. The number of benzene rings is 2. The molecular weight excluding hydrogens is 322 g/mol. The normalized spacial score (nSPS) is 10.2. The van der Waals surface area contributed by atoms with Gasteiger partial charge in [0.05, 0.1) is 7.11 Å². The average molecular weight is 343 g/mol. The summed E-state index contributed by atoms with van der Waals surface area (Å²) in [5.74, 6) is 0.0814. The van der Waals surface area contributed by atoms with Crippen LogP contribution in [0.4, 0.5) is 5.69 Å². The van der Waals surface area contributed by atoms with Crippen LogP contribution in [0.2, 0.25) is 0 Å². The van der Waals surface area contributed by atoms with Crippen molar-refractivity contribution in [3.05, 3.63) is 53.6 Å². The summed E-state index contributed by atoms with van der Waals surface area (Å²) in [7, 11) is 1.61. The molecule has 0 saturated heterocycles. The number of hydrogen-bond donors (Lipinski definition) is 2. The van der Waals surface area contributed by atoms with Crippen LogP contribution in [0, 0.1) is 6.92 Å². The second-order valence-corrected chi connectivity index (χ2v) is 5.52. The number of aliphatic carboxylic acids is 1. The predicted molar refractivity (Wildman–Crippen MR) is 94.3 cm³/mol. The average Bonchev–Trinajstić information content (AvgIpc) is 2.60. The molecule has 0 saturated carbocycles. The van der Waals surface area contributed by atoms with Crippen LogP contribution in [0.5, 0.6) is 11.5 Å². The fourth-order valence-electron chi connectivity index (χ4n) is 2.38. The lowest BCUT2D eigenvalue weighted by Crippen LogP contribution is -2.14. The number of carboxylic acid groups (broad SMARTS) is 1. The quantitative estimate of drug-likeness (QED) is 0.769. The van der Waals surface area contributed by atoms with Crippen molar-refractivity contribution in [2.75, 3.05) is 19.0 Å². The van der Waals surface area contributed by atoms with Gasteiger partial charge in [0.25, 0.3) is 0 Å². The zero-order valence-corrected chi connectivity index (χ0v) is 14.2. The Hall–Kier alpha value is -3.02. The second kappa shape index (κ2) is 8.73. The molecule has 6 nitrogen and oxygen atoms in total. The number of hydrogen-bond acceptors (Lipinski definition) is 4. The van der Waals surface area contributed by atoms with Crippen molar-refractivity contribution in [3.63, 3.8) is 0 Å². The summed E-state index contributed by atoms with van der Waals surface area (Å²) in [4.78, 5) is 22.7. The number of carboxylic acids is 1. The van der Waals surface area contributed by atoms with E-state index in [9.17, 15) is 9.59 Å². The maximum atomic E-state index is 12.2. The van der Waals surface area contributed by atoms with E-state index in [4.69, 9.17) is 14.6 Å². The van der Waals surface area contributed by atoms with Crippen LogP contribution >= 0.6 is 0 Å². The minimum Gasteiger partial charge on any atom is -0.496 e. The molecular formula is C19H21NO5. The van der Waals surface area contributed by atoms with Crippen molar-refractivity contribution in [1.82, 2.24) is 0 Å². The largest absolute Gasteiger partial charge is 0.496 e. The first-order valence-electron chi connectivity index (χ1n) is 7.86. The first-order chi connectivity index (χ1) is 12.0. The van der Waals surface area contributed by atoms with Gasteiger partial charge in [-0.3, -0.25) is 4.79 Å². The van der Waals surface area contributed by atoms with Gasteiger partial charge in [-0.1, -0.05) is 18.2 Å². The molecule has 25 heavy (non-hydrogen) atoms. The van der Waals surface area contributed by atoms with Crippen molar-refractivity contribution in [2.24, 2.45) is 0 Å². The molecule has 132 valence electrons. The maximum Gasteiger partial charge on any atom is 0.341 e. The minimum absolute atomic E-state index is 0.104. The molecule has 2 rings (SSSR count). The second-order valence-electron chi connectivity index (χ2n) is 5.52. The number of aryl methyl sites for hydroxylation is 2. The zero-order chi connectivity index (χ0) is 18.2. The molecule has 0 fully saturated rings. The van der Waals surface area contributed by atoms with Crippen molar-refractivity contribution in [1.29, 1.82) is 0 Å². The highest BCUT2D eigenvalue weighted by Crippen LogP contribution is 2.22. The highest BCUT2D eigenvalue weighted by Gasteiger charge is 2.09. The molecule has 0 aromatic heterocycles. The molecule has 0 atom stereocenters. The lowest BCUT2D eigenvalue weighted by molar-refractivity contribution is -0.139. The third kappa shape index (κ3) is 5.53.